The number of nitrogens with one attached hydrogen (secondary N) is 1. The Morgan fingerprint density at radius 3 is 2.53 bits per heavy atom. The summed E-state index contributed by atoms with van der Waals surface area (Å²) in [5, 5.41) is 19.9. The molecule has 1 aromatic carbocycles. The van der Waals surface area contributed by atoms with Crippen molar-refractivity contribution in [1.29, 1.82) is 0 Å². The van der Waals surface area contributed by atoms with Crippen molar-refractivity contribution in [3.8, 4) is 0 Å². The maximum absolute atomic E-state index is 13.3. The fraction of sp³-hybridized carbons (Fsp3) is 0.333. The van der Waals surface area contributed by atoms with Gasteiger partial charge in [0.1, 0.15) is 0 Å². The SMILES string of the molecule is C[C@@H](O)[C@H](NC(=O)Cc1cccc(F)c1F)C(=O)O. The van der Waals surface area contributed by atoms with Gasteiger partial charge in [-0.3, -0.25) is 4.79 Å². The van der Waals surface area contributed by atoms with Crippen LogP contribution in [-0.4, -0.2) is 34.2 Å². The van der Waals surface area contributed by atoms with Crippen LogP contribution in [0.1, 0.15) is 12.5 Å². The van der Waals surface area contributed by atoms with E-state index in [9.17, 15) is 18.4 Å². The van der Waals surface area contributed by atoms with Gasteiger partial charge in [0, 0.05) is 5.56 Å². The van der Waals surface area contributed by atoms with Crippen molar-refractivity contribution < 1.29 is 28.6 Å². The van der Waals surface area contributed by atoms with Crippen molar-refractivity contribution in [2.75, 3.05) is 0 Å². The Balaban J connectivity index is 2.75. The number of carbonyl (C=O) groups is 2. The summed E-state index contributed by atoms with van der Waals surface area (Å²) in [7, 11) is 0. The Morgan fingerprint density at radius 1 is 1.37 bits per heavy atom. The van der Waals surface area contributed by atoms with Gasteiger partial charge < -0.3 is 15.5 Å². The molecule has 0 bridgehead atoms. The number of hydrogen-bond donors (Lipinski definition) is 3. The summed E-state index contributed by atoms with van der Waals surface area (Å²) >= 11 is 0. The predicted octanol–water partition coefficient (Wildman–Crippen LogP) is 0.457. The number of carbonyl (C=O) groups excluding carboxylic acids is 1. The second-order valence-corrected chi connectivity index (χ2v) is 4.01. The van der Waals surface area contributed by atoms with Crippen molar-refractivity contribution in [1.82, 2.24) is 5.32 Å². The molecule has 0 aliphatic carbocycles. The van der Waals surface area contributed by atoms with E-state index in [4.69, 9.17) is 10.2 Å². The molecule has 0 spiro atoms. The zero-order valence-electron chi connectivity index (χ0n) is 10.1. The molecule has 0 aliphatic rings. The van der Waals surface area contributed by atoms with Crippen LogP contribution in [0.25, 0.3) is 0 Å². The van der Waals surface area contributed by atoms with Crippen LogP contribution < -0.4 is 5.32 Å². The average molecular weight is 273 g/mol. The van der Waals surface area contributed by atoms with E-state index in [1.165, 1.54) is 19.1 Å². The Bertz CT molecular complexity index is 491. The lowest BCUT2D eigenvalue weighted by Crippen LogP contribution is -2.48. The molecule has 19 heavy (non-hydrogen) atoms. The molecule has 3 N–H and O–H groups in total. The topological polar surface area (TPSA) is 86.6 Å². The predicted molar refractivity (Wildman–Crippen MR) is 61.3 cm³/mol. The van der Waals surface area contributed by atoms with E-state index in [-0.39, 0.29) is 5.56 Å². The lowest BCUT2D eigenvalue weighted by Gasteiger charge is -2.17. The third-order valence-corrected chi connectivity index (χ3v) is 2.45. The molecule has 1 aromatic rings. The van der Waals surface area contributed by atoms with E-state index in [0.717, 1.165) is 6.07 Å². The minimum Gasteiger partial charge on any atom is -0.480 e. The molecule has 7 heteroatoms. The zero-order valence-corrected chi connectivity index (χ0v) is 10.1. The highest BCUT2D eigenvalue weighted by Gasteiger charge is 2.25. The Labute approximate surface area is 107 Å². The molecule has 0 saturated heterocycles. The van der Waals surface area contributed by atoms with Gasteiger partial charge in [-0.2, -0.15) is 0 Å². The monoisotopic (exact) mass is 273 g/mol. The van der Waals surface area contributed by atoms with Gasteiger partial charge in [0.15, 0.2) is 17.7 Å². The van der Waals surface area contributed by atoms with E-state index in [1.54, 1.807) is 0 Å². The smallest absolute Gasteiger partial charge is 0.328 e. The third-order valence-electron chi connectivity index (χ3n) is 2.45. The second-order valence-electron chi connectivity index (χ2n) is 4.01. The molecule has 5 nitrogen and oxygen atoms in total. The molecule has 2 atom stereocenters. The van der Waals surface area contributed by atoms with Crippen LogP contribution in [-0.2, 0) is 16.0 Å². The normalized spacial score (nSPS) is 13.7. The van der Waals surface area contributed by atoms with E-state index in [0.29, 0.717) is 0 Å². The first-order valence-electron chi connectivity index (χ1n) is 5.46. The van der Waals surface area contributed by atoms with Crippen LogP contribution in [0.15, 0.2) is 18.2 Å². The summed E-state index contributed by atoms with van der Waals surface area (Å²) in [5.41, 5.74) is -0.188. The molecule has 0 saturated carbocycles. The number of rotatable bonds is 5. The number of benzene rings is 1. The van der Waals surface area contributed by atoms with Crippen molar-refractivity contribution in [2.24, 2.45) is 0 Å². The molecular weight excluding hydrogens is 260 g/mol. The van der Waals surface area contributed by atoms with E-state index in [2.05, 4.69) is 0 Å². The molecule has 1 amide bonds. The largest absolute Gasteiger partial charge is 0.480 e. The van der Waals surface area contributed by atoms with Crippen LogP contribution in [0.5, 0.6) is 0 Å². The van der Waals surface area contributed by atoms with Gasteiger partial charge in [0.2, 0.25) is 5.91 Å². The molecule has 0 fully saturated rings. The first-order chi connectivity index (χ1) is 8.82. The summed E-state index contributed by atoms with van der Waals surface area (Å²) in [6.07, 6.45) is -1.82. The molecule has 0 aliphatic heterocycles. The second kappa shape index (κ2) is 6.24. The van der Waals surface area contributed by atoms with Crippen molar-refractivity contribution in [2.45, 2.75) is 25.5 Å². The molecule has 104 valence electrons. The van der Waals surface area contributed by atoms with Crippen molar-refractivity contribution >= 4 is 11.9 Å². The van der Waals surface area contributed by atoms with Gasteiger partial charge in [0.25, 0.3) is 0 Å². The first kappa shape index (κ1) is 15.0. The number of aliphatic hydroxyl groups excluding tert-OH is 1. The molecular formula is C12H13F2NO4. The standard InChI is InChI=1S/C12H13F2NO4/c1-6(16)11(12(18)19)15-9(17)5-7-3-2-4-8(13)10(7)14/h2-4,6,11,16H,5H2,1H3,(H,15,17)(H,18,19)/t6-,11+/m1/s1. The van der Waals surface area contributed by atoms with E-state index < -0.39 is 42.1 Å². The molecule has 0 unspecified atom stereocenters. The van der Waals surface area contributed by atoms with E-state index >= 15 is 0 Å². The number of aliphatic carboxylic acids is 1. The minimum absolute atomic E-state index is 0.188. The van der Waals surface area contributed by atoms with E-state index in [1.807, 2.05) is 5.32 Å². The van der Waals surface area contributed by atoms with Gasteiger partial charge >= 0.3 is 5.97 Å². The fourth-order valence-electron chi connectivity index (χ4n) is 1.47. The highest BCUT2D eigenvalue weighted by Crippen LogP contribution is 2.12. The zero-order chi connectivity index (χ0) is 14.6. The average Bonchev–Trinajstić information content (AvgIpc) is 2.31. The minimum atomic E-state index is -1.50. The molecule has 0 aromatic heterocycles. The van der Waals surface area contributed by atoms with Crippen LogP contribution in [0.4, 0.5) is 8.78 Å². The summed E-state index contributed by atoms with van der Waals surface area (Å²) in [6.45, 7) is 1.20. The number of halogens is 2. The van der Waals surface area contributed by atoms with Gasteiger partial charge in [-0.15, -0.1) is 0 Å². The highest BCUT2D eigenvalue weighted by atomic mass is 19.2. The van der Waals surface area contributed by atoms with Crippen molar-refractivity contribution in [3.63, 3.8) is 0 Å². The maximum Gasteiger partial charge on any atom is 0.328 e. The lowest BCUT2D eigenvalue weighted by atomic mass is 10.1. The van der Waals surface area contributed by atoms with Gasteiger partial charge in [-0.1, -0.05) is 12.1 Å². The van der Waals surface area contributed by atoms with Gasteiger partial charge in [0.05, 0.1) is 12.5 Å². The number of hydrogen-bond acceptors (Lipinski definition) is 3. The summed E-state index contributed by atoms with van der Waals surface area (Å²) in [6, 6.07) is 1.87. The number of carboxylic acid groups (broad SMARTS) is 1. The van der Waals surface area contributed by atoms with Crippen molar-refractivity contribution in [3.05, 3.63) is 35.4 Å². The van der Waals surface area contributed by atoms with Crippen LogP contribution in [0.3, 0.4) is 0 Å². The van der Waals surface area contributed by atoms with Crippen LogP contribution >= 0.6 is 0 Å². The first-order valence-corrected chi connectivity index (χ1v) is 5.46. The Morgan fingerprint density at radius 2 is 2.00 bits per heavy atom. The number of carboxylic acids is 1. The molecule has 1 rings (SSSR count). The molecule has 0 radical (unpaired) electrons. The van der Waals surface area contributed by atoms with Gasteiger partial charge in [-0.25, -0.2) is 13.6 Å². The Kier molecular flexibility index (Phi) is 4.94. The lowest BCUT2D eigenvalue weighted by molar-refractivity contribution is -0.144. The maximum atomic E-state index is 13.3. The Hall–Kier alpha value is -2.02. The quantitative estimate of drug-likeness (QED) is 0.727. The van der Waals surface area contributed by atoms with Crippen LogP contribution in [0, 0.1) is 11.6 Å². The summed E-state index contributed by atoms with van der Waals surface area (Å²) in [5.74, 6) is -4.47. The van der Waals surface area contributed by atoms with Gasteiger partial charge in [-0.05, 0) is 13.0 Å². The van der Waals surface area contributed by atoms with Crippen LogP contribution in [0.2, 0.25) is 0 Å². The fourth-order valence-corrected chi connectivity index (χ4v) is 1.47. The molecule has 0 heterocycles. The summed E-state index contributed by atoms with van der Waals surface area (Å²) in [4.78, 5) is 22.3. The number of aliphatic hydroxyl groups is 1. The number of amides is 1. The summed E-state index contributed by atoms with van der Waals surface area (Å²) < 4.78 is 26.2. The highest BCUT2D eigenvalue weighted by molar-refractivity contribution is 5.85. The third kappa shape index (κ3) is 3.99.